The van der Waals surface area contributed by atoms with E-state index >= 15 is 0 Å². The van der Waals surface area contributed by atoms with Gasteiger partial charge >= 0.3 is 0 Å². The number of likely N-dealkylation sites (N-methyl/N-ethyl adjacent to an activating group) is 1. The van der Waals surface area contributed by atoms with Crippen molar-refractivity contribution in [2.24, 2.45) is 11.5 Å². The van der Waals surface area contributed by atoms with E-state index in [-0.39, 0.29) is 12.1 Å². The summed E-state index contributed by atoms with van der Waals surface area (Å²) in [5.41, 5.74) is 12.4. The summed E-state index contributed by atoms with van der Waals surface area (Å²) >= 11 is 0. The van der Waals surface area contributed by atoms with Crippen LogP contribution in [0.15, 0.2) is 24.3 Å². The van der Waals surface area contributed by atoms with E-state index in [9.17, 15) is 0 Å². The van der Waals surface area contributed by atoms with Crippen molar-refractivity contribution in [3.05, 3.63) is 24.3 Å². The highest BCUT2D eigenvalue weighted by Gasteiger charge is 2.06. The lowest BCUT2D eigenvalue weighted by Crippen LogP contribution is -2.40. The molecule has 0 aliphatic heterocycles. The lowest BCUT2D eigenvalue weighted by atomic mass is 10.2. The van der Waals surface area contributed by atoms with Crippen molar-refractivity contribution in [2.75, 3.05) is 25.0 Å². The van der Waals surface area contributed by atoms with Crippen molar-refractivity contribution >= 4 is 5.69 Å². The predicted octanol–water partition coefficient (Wildman–Crippen LogP) is 1.20. The molecule has 1 unspecified atom stereocenters. The van der Waals surface area contributed by atoms with Gasteiger partial charge in [0.1, 0.15) is 5.75 Å². The third-order valence-electron chi connectivity index (χ3n) is 2.46. The molecule has 1 aromatic carbocycles. The number of nitrogens with zero attached hydrogens (tertiary/aromatic N) is 1. The van der Waals surface area contributed by atoms with E-state index in [0.717, 1.165) is 18.0 Å². The van der Waals surface area contributed by atoms with Gasteiger partial charge in [-0.05, 0) is 38.1 Å². The van der Waals surface area contributed by atoms with E-state index in [1.807, 2.05) is 45.2 Å². The minimum atomic E-state index is 0.00610. The quantitative estimate of drug-likeness (QED) is 0.780. The topological polar surface area (TPSA) is 64.5 Å². The molecule has 4 heteroatoms. The van der Waals surface area contributed by atoms with Gasteiger partial charge in [-0.2, -0.15) is 0 Å². The lowest BCUT2D eigenvalue weighted by Gasteiger charge is -2.23. The monoisotopic (exact) mass is 237 g/mol. The molecule has 0 saturated heterocycles. The van der Waals surface area contributed by atoms with Crippen LogP contribution in [0.4, 0.5) is 5.69 Å². The van der Waals surface area contributed by atoms with E-state index in [1.165, 1.54) is 0 Å². The minimum Gasteiger partial charge on any atom is -0.491 e. The number of hydrogen-bond donors (Lipinski definition) is 2. The number of rotatable bonds is 6. The van der Waals surface area contributed by atoms with Crippen LogP contribution < -0.4 is 21.1 Å². The first-order chi connectivity index (χ1) is 8.02. The van der Waals surface area contributed by atoms with Gasteiger partial charge in [-0.25, -0.2) is 0 Å². The Bertz CT molecular complexity index is 324. The summed E-state index contributed by atoms with van der Waals surface area (Å²) in [5, 5.41) is 0. The second-order valence-corrected chi connectivity index (χ2v) is 4.54. The lowest BCUT2D eigenvalue weighted by molar-refractivity contribution is 0.242. The Balaban J connectivity index is 2.60. The van der Waals surface area contributed by atoms with E-state index in [2.05, 4.69) is 4.90 Å². The van der Waals surface area contributed by atoms with Crippen molar-refractivity contribution < 1.29 is 4.74 Å². The first-order valence-corrected chi connectivity index (χ1v) is 5.96. The zero-order valence-corrected chi connectivity index (χ0v) is 10.9. The molecule has 0 radical (unpaired) electrons. The molecule has 0 amide bonds. The molecule has 0 bridgehead atoms. The largest absolute Gasteiger partial charge is 0.491 e. The second-order valence-electron chi connectivity index (χ2n) is 4.54. The molecule has 0 aliphatic rings. The van der Waals surface area contributed by atoms with Crippen LogP contribution >= 0.6 is 0 Å². The SMILES string of the molecule is CC(C)Oc1ccc(N(C)CC(N)CN)cc1. The van der Waals surface area contributed by atoms with Crippen molar-refractivity contribution in [1.29, 1.82) is 0 Å². The summed E-state index contributed by atoms with van der Waals surface area (Å²) in [6.07, 6.45) is 0.198. The molecule has 1 aromatic rings. The molecular weight excluding hydrogens is 214 g/mol. The molecule has 17 heavy (non-hydrogen) atoms. The van der Waals surface area contributed by atoms with Gasteiger partial charge in [0.25, 0.3) is 0 Å². The molecule has 0 aromatic heterocycles. The zero-order chi connectivity index (χ0) is 12.8. The molecule has 4 N–H and O–H groups in total. The zero-order valence-electron chi connectivity index (χ0n) is 10.9. The van der Waals surface area contributed by atoms with Crippen molar-refractivity contribution in [1.82, 2.24) is 0 Å². The molecular formula is C13H23N3O. The molecule has 0 fully saturated rings. The Labute approximate surface area is 104 Å². The highest BCUT2D eigenvalue weighted by Crippen LogP contribution is 2.19. The molecule has 0 spiro atoms. The molecule has 96 valence electrons. The second kappa shape index (κ2) is 6.47. The summed E-state index contributed by atoms with van der Waals surface area (Å²) in [6.45, 7) is 5.28. The fourth-order valence-corrected chi connectivity index (χ4v) is 1.58. The van der Waals surface area contributed by atoms with Crippen LogP contribution in [0.25, 0.3) is 0 Å². The summed E-state index contributed by atoms with van der Waals surface area (Å²) in [6, 6.07) is 8.01. The average Bonchev–Trinajstić information content (AvgIpc) is 2.28. The molecule has 4 nitrogen and oxygen atoms in total. The Kier molecular flexibility index (Phi) is 5.25. The summed E-state index contributed by atoms with van der Waals surface area (Å²) < 4.78 is 5.59. The van der Waals surface area contributed by atoms with Gasteiger partial charge in [-0.1, -0.05) is 0 Å². The van der Waals surface area contributed by atoms with Crippen LogP contribution in [0, 0.1) is 0 Å². The number of anilines is 1. The smallest absolute Gasteiger partial charge is 0.119 e. The van der Waals surface area contributed by atoms with E-state index in [4.69, 9.17) is 16.2 Å². The van der Waals surface area contributed by atoms with Gasteiger partial charge in [-0.15, -0.1) is 0 Å². The first kappa shape index (κ1) is 13.8. The minimum absolute atomic E-state index is 0.00610. The van der Waals surface area contributed by atoms with Crippen molar-refractivity contribution in [2.45, 2.75) is 26.0 Å². The first-order valence-electron chi connectivity index (χ1n) is 5.96. The van der Waals surface area contributed by atoms with Crippen molar-refractivity contribution in [3.8, 4) is 5.75 Å². The predicted molar refractivity (Wildman–Crippen MR) is 72.5 cm³/mol. The maximum atomic E-state index is 5.82. The molecule has 1 rings (SSSR count). The fourth-order valence-electron chi connectivity index (χ4n) is 1.58. The van der Waals surface area contributed by atoms with E-state index in [1.54, 1.807) is 0 Å². The summed E-state index contributed by atoms with van der Waals surface area (Å²) in [4.78, 5) is 2.09. The highest BCUT2D eigenvalue weighted by molar-refractivity contribution is 5.48. The standard InChI is InChI=1S/C13H23N3O/c1-10(2)17-13-6-4-12(5-7-13)16(3)9-11(15)8-14/h4-7,10-11H,8-9,14-15H2,1-3H3. The van der Waals surface area contributed by atoms with E-state index in [0.29, 0.717) is 6.54 Å². The molecule has 1 atom stereocenters. The van der Waals surface area contributed by atoms with Gasteiger partial charge in [-0.3, -0.25) is 0 Å². The fraction of sp³-hybridized carbons (Fsp3) is 0.538. The summed E-state index contributed by atoms with van der Waals surface area (Å²) in [7, 11) is 2.01. The molecule has 0 aliphatic carbocycles. The van der Waals surface area contributed by atoms with Crippen LogP contribution in [0.5, 0.6) is 5.75 Å². The van der Waals surface area contributed by atoms with Crippen LogP contribution in [0.1, 0.15) is 13.8 Å². The van der Waals surface area contributed by atoms with Crippen molar-refractivity contribution in [3.63, 3.8) is 0 Å². The van der Waals surface area contributed by atoms with Gasteiger partial charge in [0, 0.05) is 31.9 Å². The van der Waals surface area contributed by atoms with E-state index < -0.39 is 0 Å². The summed E-state index contributed by atoms with van der Waals surface area (Å²) in [5.74, 6) is 0.889. The number of hydrogen-bond acceptors (Lipinski definition) is 4. The Morgan fingerprint density at radius 3 is 2.29 bits per heavy atom. The van der Waals surface area contributed by atoms with Crippen LogP contribution in [-0.2, 0) is 0 Å². The third kappa shape index (κ3) is 4.63. The van der Waals surface area contributed by atoms with Crippen LogP contribution in [0.3, 0.4) is 0 Å². The van der Waals surface area contributed by atoms with Gasteiger partial charge in [0.05, 0.1) is 6.10 Å². The average molecular weight is 237 g/mol. The Morgan fingerprint density at radius 1 is 1.24 bits per heavy atom. The normalized spacial score (nSPS) is 12.6. The number of benzene rings is 1. The Morgan fingerprint density at radius 2 is 1.82 bits per heavy atom. The number of ether oxygens (including phenoxy) is 1. The third-order valence-corrected chi connectivity index (χ3v) is 2.46. The van der Waals surface area contributed by atoms with Crippen LogP contribution in [0.2, 0.25) is 0 Å². The number of nitrogens with two attached hydrogens (primary N) is 2. The van der Waals surface area contributed by atoms with Gasteiger partial charge < -0.3 is 21.1 Å². The highest BCUT2D eigenvalue weighted by atomic mass is 16.5. The maximum Gasteiger partial charge on any atom is 0.119 e. The Hall–Kier alpha value is -1.26. The van der Waals surface area contributed by atoms with Crippen LogP contribution in [-0.4, -0.2) is 32.3 Å². The van der Waals surface area contributed by atoms with Gasteiger partial charge in [0.2, 0.25) is 0 Å². The maximum absolute atomic E-state index is 5.82. The van der Waals surface area contributed by atoms with Gasteiger partial charge in [0.15, 0.2) is 0 Å². The molecule has 0 saturated carbocycles. The molecule has 0 heterocycles.